The van der Waals surface area contributed by atoms with Crippen molar-refractivity contribution >= 4 is 29.5 Å². The lowest BCUT2D eigenvalue weighted by molar-refractivity contribution is -0.120. The van der Waals surface area contributed by atoms with E-state index in [1.165, 1.54) is 38.0 Å². The van der Waals surface area contributed by atoms with Crippen LogP contribution in [0.4, 0.5) is 4.79 Å². The molecule has 0 saturated heterocycles. The number of aliphatic hydroxyl groups excluding tert-OH is 1. The zero-order valence-corrected chi connectivity index (χ0v) is 31.0. The highest BCUT2D eigenvalue weighted by molar-refractivity contribution is 6.24. The number of aryl methyl sites for hydroxylation is 1. The van der Waals surface area contributed by atoms with Crippen molar-refractivity contribution in [3.05, 3.63) is 75.9 Å². The molecule has 1 aliphatic heterocycles. The van der Waals surface area contributed by atoms with E-state index in [0.717, 1.165) is 6.08 Å². The van der Waals surface area contributed by atoms with E-state index in [4.69, 9.17) is 19.9 Å². The lowest BCUT2D eigenvalue weighted by atomic mass is 9.85. The number of hydrogen-bond donors (Lipinski definition) is 4. The van der Waals surface area contributed by atoms with E-state index in [1.54, 1.807) is 39.1 Å². The number of nitrogens with one attached hydrogen (secondary N) is 2. The molecule has 14 heteroatoms. The maximum atomic E-state index is 14.0. The molecule has 1 aromatic rings. The fourth-order valence-corrected chi connectivity index (χ4v) is 5.95. The number of carbonyl (C=O) groups is 5. The number of amides is 3. The van der Waals surface area contributed by atoms with Gasteiger partial charge in [-0.3, -0.25) is 23.9 Å². The van der Waals surface area contributed by atoms with Crippen molar-refractivity contribution < 1.29 is 43.3 Å². The van der Waals surface area contributed by atoms with Gasteiger partial charge in [0.2, 0.25) is 11.6 Å². The molecule has 0 radical (unpaired) electrons. The minimum atomic E-state index is -1.04. The van der Waals surface area contributed by atoms with Crippen molar-refractivity contribution in [3.63, 3.8) is 0 Å². The Hall–Kier alpha value is -4.66. The van der Waals surface area contributed by atoms with Crippen molar-refractivity contribution in [2.75, 3.05) is 14.2 Å². The van der Waals surface area contributed by atoms with Crippen LogP contribution in [0.1, 0.15) is 77.5 Å². The monoisotopic (exact) mass is 709 g/mol. The van der Waals surface area contributed by atoms with Crippen molar-refractivity contribution in [1.29, 1.82) is 0 Å². The van der Waals surface area contributed by atoms with Gasteiger partial charge >= 0.3 is 6.09 Å². The number of carbonyl (C=O) groups excluding carboxylic acids is 5. The molecule has 2 bridgehead atoms. The number of fused-ring (bicyclic) bond motifs is 2. The summed E-state index contributed by atoms with van der Waals surface area (Å²) in [5, 5.41) is 21.0. The van der Waals surface area contributed by atoms with Gasteiger partial charge in [0.1, 0.15) is 11.8 Å². The molecule has 278 valence electrons. The summed E-state index contributed by atoms with van der Waals surface area (Å²) in [6, 6.07) is 1.63. The summed E-state index contributed by atoms with van der Waals surface area (Å²) in [6.45, 7) is 12.7. The number of nitrogens with two attached hydrogens (primary N) is 1. The number of nitrogens with zero attached hydrogens (tertiary/aromatic N) is 2. The molecule has 3 amide bonds. The number of primary amides is 1. The summed E-state index contributed by atoms with van der Waals surface area (Å²) < 4.78 is 18.1. The van der Waals surface area contributed by atoms with E-state index in [1.807, 2.05) is 27.7 Å². The Morgan fingerprint density at radius 2 is 1.78 bits per heavy atom. The second-order valence-electron chi connectivity index (χ2n) is 14.2. The molecule has 0 unspecified atom stereocenters. The molecular weight excluding hydrogens is 658 g/mol. The lowest BCUT2D eigenvalue weighted by Gasteiger charge is -2.30. The van der Waals surface area contributed by atoms with Crippen LogP contribution in [0.15, 0.2) is 64.6 Å². The van der Waals surface area contributed by atoms with E-state index in [2.05, 4.69) is 15.7 Å². The predicted octanol–water partition coefficient (Wildman–Crippen LogP) is 3.22. The number of rotatable bonds is 5. The lowest BCUT2D eigenvalue weighted by Crippen LogP contribution is -2.39. The second kappa shape index (κ2) is 17.0. The fourth-order valence-electron chi connectivity index (χ4n) is 5.95. The smallest absolute Gasteiger partial charge is 0.405 e. The van der Waals surface area contributed by atoms with Crippen LogP contribution in [0.25, 0.3) is 0 Å². The largest absolute Gasteiger partial charge is 0.439 e. The zero-order valence-electron chi connectivity index (χ0n) is 31.0. The Kier molecular flexibility index (Phi) is 13.6. The van der Waals surface area contributed by atoms with E-state index < -0.39 is 59.8 Å². The molecular formula is C37H51N5O9. The molecule has 1 aromatic heterocycles. The number of Topliss-reactive ketones (excluding diaryl/α,β-unsaturated/α-hetero) is 1. The fraction of sp³-hybridized carbons (Fsp3) is 0.514. The van der Waals surface area contributed by atoms with Gasteiger partial charge in [0.15, 0.2) is 6.10 Å². The van der Waals surface area contributed by atoms with Crippen LogP contribution in [0.3, 0.4) is 0 Å². The summed E-state index contributed by atoms with van der Waals surface area (Å²) in [7, 11) is 4.48. The highest BCUT2D eigenvalue weighted by Gasteiger charge is 2.35. The highest BCUT2D eigenvalue weighted by Crippen LogP contribution is 2.29. The maximum absolute atomic E-state index is 14.0. The normalized spacial score (nSPS) is 28.5. The summed E-state index contributed by atoms with van der Waals surface area (Å²) >= 11 is 0. The quantitative estimate of drug-likeness (QED) is 0.260. The van der Waals surface area contributed by atoms with Crippen LogP contribution in [0, 0.1) is 11.8 Å². The van der Waals surface area contributed by atoms with Gasteiger partial charge in [0.25, 0.3) is 11.8 Å². The Morgan fingerprint density at radius 1 is 1.12 bits per heavy atom. The average Bonchev–Trinajstić information content (AvgIpc) is 3.46. The number of hydrogen-bond acceptors (Lipinski definition) is 10. The molecule has 2 heterocycles. The Morgan fingerprint density at radius 3 is 2.35 bits per heavy atom. The van der Waals surface area contributed by atoms with Gasteiger partial charge in [0, 0.05) is 49.8 Å². The van der Waals surface area contributed by atoms with Gasteiger partial charge < -0.3 is 35.7 Å². The number of ketones is 2. The number of allylic oxidation sites excluding steroid dienone is 4. The molecule has 3 rings (SSSR count). The summed E-state index contributed by atoms with van der Waals surface area (Å²) in [5.74, 6) is -3.47. The topological polar surface area (TPSA) is 201 Å². The third kappa shape index (κ3) is 10.2. The SMILES string of the molecule is CO[C@@H]1/C=C\C=C(\C)C(=O)NC2=CC(=O)C(NC(=O)c3cc(C(C)(C)C)nn3C)=C(C[C@@H](C)C[C@@H](OC)[C@@H](O)[C@@H](C)/C=C(/C)[C@H]1OC(N)=O)C2=O. The third-order valence-electron chi connectivity index (χ3n) is 8.91. The summed E-state index contributed by atoms with van der Waals surface area (Å²) in [6.07, 6.45) is 2.95. The first-order valence-electron chi connectivity index (χ1n) is 16.7. The van der Waals surface area contributed by atoms with Crippen LogP contribution in [-0.4, -0.2) is 83.0 Å². The number of aliphatic hydroxyl groups is 1. The van der Waals surface area contributed by atoms with Gasteiger partial charge in [-0.05, 0) is 44.2 Å². The number of methoxy groups -OCH3 is 2. The first kappa shape index (κ1) is 40.8. The first-order chi connectivity index (χ1) is 23.8. The van der Waals surface area contributed by atoms with E-state index in [-0.39, 0.29) is 52.4 Å². The van der Waals surface area contributed by atoms with Gasteiger partial charge in [-0.2, -0.15) is 5.10 Å². The van der Waals surface area contributed by atoms with Gasteiger partial charge in [-0.25, -0.2) is 4.79 Å². The summed E-state index contributed by atoms with van der Waals surface area (Å²) in [5.41, 5.74) is 6.16. The van der Waals surface area contributed by atoms with E-state index >= 15 is 0 Å². The molecule has 0 fully saturated rings. The van der Waals surface area contributed by atoms with Crippen molar-refractivity contribution in [1.82, 2.24) is 20.4 Å². The Balaban J connectivity index is 2.11. The third-order valence-corrected chi connectivity index (χ3v) is 8.91. The molecule has 0 saturated carbocycles. The second-order valence-corrected chi connectivity index (χ2v) is 14.2. The van der Waals surface area contributed by atoms with Crippen LogP contribution in [0.5, 0.6) is 0 Å². The molecule has 0 spiro atoms. The minimum Gasteiger partial charge on any atom is -0.439 e. The maximum Gasteiger partial charge on any atom is 0.405 e. The van der Waals surface area contributed by atoms with E-state index in [9.17, 15) is 29.1 Å². The van der Waals surface area contributed by atoms with Crippen LogP contribution >= 0.6 is 0 Å². The highest BCUT2D eigenvalue weighted by atomic mass is 16.6. The Bertz CT molecular complexity index is 1690. The van der Waals surface area contributed by atoms with Crippen LogP contribution in [0.2, 0.25) is 0 Å². The molecule has 1 aliphatic carbocycles. The standard InChI is InChI=1S/C37H51N5O9/c1-19-14-23-30(40-35(47)25-18-29(37(5,6)7)41-42(25)8)26(43)17-24(32(23)45)39-34(46)20(2)12-11-13-27(49-9)33(51-36(38)48)22(4)16-21(3)31(44)28(15-19)50-10/h11-13,16-19,21,27-28,31,33,44H,14-15H2,1-10H3,(H2,38,48)(H,39,46)(H,40,47)/b13-11-,20-12-,22-16-/t19-,21+,27-,28-,31+,33-/m1/s1. The zero-order chi connectivity index (χ0) is 38.4. The molecule has 0 aromatic carbocycles. The van der Waals surface area contributed by atoms with Gasteiger partial charge in [0.05, 0.1) is 29.3 Å². The minimum absolute atomic E-state index is 0.00109. The summed E-state index contributed by atoms with van der Waals surface area (Å²) in [4.78, 5) is 66.2. The molecule has 14 nitrogen and oxygen atoms in total. The van der Waals surface area contributed by atoms with Crippen molar-refractivity contribution in [3.8, 4) is 0 Å². The van der Waals surface area contributed by atoms with Crippen LogP contribution in [-0.2, 0) is 41.1 Å². The number of aromatic nitrogens is 2. The van der Waals surface area contributed by atoms with Gasteiger partial charge in [-0.15, -0.1) is 0 Å². The predicted molar refractivity (Wildman–Crippen MR) is 189 cm³/mol. The average molecular weight is 710 g/mol. The molecule has 51 heavy (non-hydrogen) atoms. The van der Waals surface area contributed by atoms with Gasteiger partial charge in [-0.1, -0.05) is 58.9 Å². The molecule has 5 N–H and O–H groups in total. The van der Waals surface area contributed by atoms with Crippen molar-refractivity contribution in [2.24, 2.45) is 24.6 Å². The number of ether oxygens (including phenoxy) is 3. The van der Waals surface area contributed by atoms with Crippen molar-refractivity contribution in [2.45, 2.75) is 91.1 Å². The van der Waals surface area contributed by atoms with Crippen LogP contribution < -0.4 is 16.4 Å². The molecule has 2 aliphatic rings. The first-order valence-corrected chi connectivity index (χ1v) is 16.7. The Labute approximate surface area is 298 Å². The molecule has 6 atom stereocenters. The van der Waals surface area contributed by atoms with E-state index in [0.29, 0.717) is 11.3 Å².